The van der Waals surface area contributed by atoms with Gasteiger partial charge in [0.15, 0.2) is 0 Å². The first-order valence-electron chi connectivity index (χ1n) is 6.21. The second-order valence-electron chi connectivity index (χ2n) is 4.25. The maximum Gasteiger partial charge on any atom is 0.277 e. The highest BCUT2D eigenvalue weighted by atomic mass is 16.6. The molecule has 0 fully saturated rings. The number of hydrogen-bond acceptors (Lipinski definition) is 2. The highest BCUT2D eigenvalue weighted by Gasteiger charge is 2.13. The molecule has 19 heavy (non-hydrogen) atoms. The van der Waals surface area contributed by atoms with E-state index in [9.17, 15) is 10.1 Å². The van der Waals surface area contributed by atoms with E-state index in [4.69, 9.17) is 0 Å². The molecule has 3 heteroatoms. The molecule has 0 bridgehead atoms. The zero-order valence-electron chi connectivity index (χ0n) is 10.7. The lowest BCUT2D eigenvalue weighted by atomic mass is 10.1. The third kappa shape index (κ3) is 3.28. The zero-order valence-corrected chi connectivity index (χ0v) is 10.7. The number of nitrogens with zero attached hydrogens (tertiary/aromatic N) is 1. The van der Waals surface area contributed by atoms with E-state index in [2.05, 4.69) is 6.92 Å². The molecule has 96 valence electrons. The van der Waals surface area contributed by atoms with E-state index < -0.39 is 0 Å². The summed E-state index contributed by atoms with van der Waals surface area (Å²) in [7, 11) is 0. The Morgan fingerprint density at radius 3 is 2.26 bits per heavy atom. The van der Waals surface area contributed by atoms with Gasteiger partial charge in [-0.2, -0.15) is 0 Å². The maximum atomic E-state index is 11.2. The molecule has 0 heterocycles. The molecule has 0 spiro atoms. The molecule has 0 N–H and O–H groups in total. The van der Waals surface area contributed by atoms with E-state index in [1.54, 1.807) is 18.2 Å². The lowest BCUT2D eigenvalue weighted by molar-refractivity contribution is -0.374. The van der Waals surface area contributed by atoms with Gasteiger partial charge in [0.05, 0.1) is 10.5 Å². The van der Waals surface area contributed by atoms with E-state index >= 15 is 0 Å². The number of nitro groups is 1. The number of benzene rings is 2. The standard InChI is InChI=1S/C16H15NO2/c1-2-13-8-10-15(11-9-13)16(17(18)19)12-14-6-4-3-5-7-14/h3-12H,2H2,1H3/b16-12+. The molecule has 0 unspecified atom stereocenters. The van der Waals surface area contributed by atoms with Crippen molar-refractivity contribution in [3.8, 4) is 0 Å². The summed E-state index contributed by atoms with van der Waals surface area (Å²) in [6.07, 6.45) is 2.53. The predicted molar refractivity (Wildman–Crippen MR) is 77.1 cm³/mol. The molecular formula is C16H15NO2. The molecule has 0 aliphatic carbocycles. The Balaban J connectivity index is 2.40. The molecule has 0 aromatic heterocycles. The predicted octanol–water partition coefficient (Wildman–Crippen LogP) is 4.02. The normalized spacial score (nSPS) is 11.3. The SMILES string of the molecule is CCc1ccc(/C(=C\c2ccccc2)[N+](=O)[O-])cc1. The lowest BCUT2D eigenvalue weighted by Crippen LogP contribution is -1.98. The van der Waals surface area contributed by atoms with Crippen LogP contribution in [0.5, 0.6) is 0 Å². The van der Waals surface area contributed by atoms with Crippen molar-refractivity contribution in [1.29, 1.82) is 0 Å². The van der Waals surface area contributed by atoms with Crippen LogP contribution in [0.3, 0.4) is 0 Å². The van der Waals surface area contributed by atoms with Crippen molar-refractivity contribution >= 4 is 11.8 Å². The Labute approximate surface area is 112 Å². The largest absolute Gasteiger partial charge is 0.277 e. The highest BCUT2D eigenvalue weighted by Crippen LogP contribution is 2.19. The van der Waals surface area contributed by atoms with Crippen molar-refractivity contribution in [2.24, 2.45) is 0 Å². The summed E-state index contributed by atoms with van der Waals surface area (Å²) in [6, 6.07) is 16.8. The molecule has 2 aromatic rings. The van der Waals surface area contributed by atoms with Gasteiger partial charge in [-0.25, -0.2) is 0 Å². The topological polar surface area (TPSA) is 43.1 Å². The first-order chi connectivity index (χ1) is 9.20. The molecule has 0 aliphatic rings. The maximum absolute atomic E-state index is 11.2. The van der Waals surface area contributed by atoms with E-state index in [0.29, 0.717) is 5.56 Å². The molecule has 0 saturated heterocycles. The van der Waals surface area contributed by atoms with Gasteiger partial charge in [0.1, 0.15) is 0 Å². The average Bonchev–Trinajstić information content (AvgIpc) is 2.46. The zero-order chi connectivity index (χ0) is 13.7. The van der Waals surface area contributed by atoms with Crippen LogP contribution in [0.4, 0.5) is 0 Å². The molecule has 2 rings (SSSR count). The minimum atomic E-state index is -0.339. The van der Waals surface area contributed by atoms with Crippen LogP contribution in [-0.4, -0.2) is 4.92 Å². The molecule has 3 nitrogen and oxygen atoms in total. The molecule has 0 saturated carbocycles. The van der Waals surface area contributed by atoms with E-state index in [-0.39, 0.29) is 10.6 Å². The molecule has 2 aromatic carbocycles. The molecule has 0 aliphatic heterocycles. The van der Waals surface area contributed by atoms with Crippen LogP contribution in [0, 0.1) is 10.1 Å². The summed E-state index contributed by atoms with van der Waals surface area (Å²) in [5.41, 5.74) is 2.75. The smallest absolute Gasteiger partial charge is 0.258 e. The molecule has 0 radical (unpaired) electrons. The summed E-state index contributed by atoms with van der Waals surface area (Å²) < 4.78 is 0. The van der Waals surface area contributed by atoms with Crippen molar-refractivity contribution in [1.82, 2.24) is 0 Å². The van der Waals surface area contributed by atoms with Crippen molar-refractivity contribution in [2.75, 3.05) is 0 Å². The van der Waals surface area contributed by atoms with Gasteiger partial charge in [0, 0.05) is 6.08 Å². The molecular weight excluding hydrogens is 238 g/mol. The van der Waals surface area contributed by atoms with Gasteiger partial charge in [0.25, 0.3) is 5.70 Å². The molecule has 0 atom stereocenters. The average molecular weight is 253 g/mol. The van der Waals surface area contributed by atoms with Gasteiger partial charge in [-0.1, -0.05) is 49.4 Å². The summed E-state index contributed by atoms with van der Waals surface area (Å²) >= 11 is 0. The number of hydrogen-bond donors (Lipinski definition) is 0. The van der Waals surface area contributed by atoms with Crippen molar-refractivity contribution in [3.63, 3.8) is 0 Å². The summed E-state index contributed by atoms with van der Waals surface area (Å²) in [5.74, 6) is 0. The van der Waals surface area contributed by atoms with Crippen molar-refractivity contribution < 1.29 is 4.92 Å². The quantitative estimate of drug-likeness (QED) is 0.469. The lowest BCUT2D eigenvalue weighted by Gasteiger charge is -2.01. The highest BCUT2D eigenvalue weighted by molar-refractivity contribution is 5.76. The van der Waals surface area contributed by atoms with Crippen LogP contribution >= 0.6 is 0 Å². The van der Waals surface area contributed by atoms with Gasteiger partial charge in [-0.3, -0.25) is 10.1 Å². The second kappa shape index (κ2) is 5.96. The fourth-order valence-electron chi connectivity index (χ4n) is 1.86. The second-order valence-corrected chi connectivity index (χ2v) is 4.25. The third-order valence-electron chi connectivity index (χ3n) is 2.96. The van der Waals surface area contributed by atoms with Gasteiger partial charge in [-0.15, -0.1) is 0 Å². The van der Waals surface area contributed by atoms with Crippen LogP contribution in [0.1, 0.15) is 23.6 Å². The minimum Gasteiger partial charge on any atom is -0.258 e. The van der Waals surface area contributed by atoms with Gasteiger partial charge < -0.3 is 0 Å². The number of rotatable bonds is 4. The monoisotopic (exact) mass is 253 g/mol. The van der Waals surface area contributed by atoms with Gasteiger partial charge >= 0.3 is 0 Å². The third-order valence-corrected chi connectivity index (χ3v) is 2.96. The minimum absolute atomic E-state index is 0.119. The number of aryl methyl sites for hydroxylation is 1. The van der Waals surface area contributed by atoms with Crippen LogP contribution in [0.25, 0.3) is 11.8 Å². The Hall–Kier alpha value is -2.42. The van der Waals surface area contributed by atoms with Crippen LogP contribution < -0.4 is 0 Å². The van der Waals surface area contributed by atoms with Crippen molar-refractivity contribution in [2.45, 2.75) is 13.3 Å². The summed E-state index contributed by atoms with van der Waals surface area (Å²) in [6.45, 7) is 2.06. The Morgan fingerprint density at radius 2 is 1.74 bits per heavy atom. The van der Waals surface area contributed by atoms with E-state index in [1.807, 2.05) is 42.5 Å². The van der Waals surface area contributed by atoms with Gasteiger partial charge in [-0.05, 0) is 29.7 Å². The summed E-state index contributed by atoms with van der Waals surface area (Å²) in [4.78, 5) is 10.9. The summed E-state index contributed by atoms with van der Waals surface area (Å²) in [5, 5.41) is 11.2. The van der Waals surface area contributed by atoms with Gasteiger partial charge in [0.2, 0.25) is 0 Å². The van der Waals surface area contributed by atoms with Crippen LogP contribution in [0.2, 0.25) is 0 Å². The van der Waals surface area contributed by atoms with E-state index in [0.717, 1.165) is 12.0 Å². The van der Waals surface area contributed by atoms with Crippen LogP contribution in [0.15, 0.2) is 54.6 Å². The van der Waals surface area contributed by atoms with Crippen molar-refractivity contribution in [3.05, 3.63) is 81.4 Å². The first-order valence-corrected chi connectivity index (χ1v) is 6.21. The Bertz CT molecular complexity index is 586. The first kappa shape index (κ1) is 13.0. The molecule has 0 amide bonds. The van der Waals surface area contributed by atoms with E-state index in [1.165, 1.54) is 5.56 Å². The fraction of sp³-hybridized carbons (Fsp3) is 0.125. The fourth-order valence-corrected chi connectivity index (χ4v) is 1.86. The van der Waals surface area contributed by atoms with Crippen LogP contribution in [-0.2, 0) is 6.42 Å². The Morgan fingerprint density at radius 1 is 1.11 bits per heavy atom. The Kier molecular flexibility index (Phi) is 4.08.